The fourth-order valence-electron chi connectivity index (χ4n) is 1.05. The monoisotopic (exact) mass is 320 g/mol. The number of carbonyl (C=O) groups is 2. The van der Waals surface area contributed by atoms with Crippen LogP contribution in [0.15, 0.2) is 9.85 Å². The second kappa shape index (κ2) is 5.05. The second-order valence-electron chi connectivity index (χ2n) is 4.28. The first-order valence-electron chi connectivity index (χ1n) is 4.78. The van der Waals surface area contributed by atoms with E-state index in [-0.39, 0.29) is 4.88 Å². The van der Waals surface area contributed by atoms with Crippen molar-refractivity contribution in [1.82, 2.24) is 0 Å². The molecule has 1 aromatic rings. The van der Waals surface area contributed by atoms with Crippen LogP contribution in [-0.4, -0.2) is 17.6 Å². The number of ether oxygens (including phenoxy) is 1. The van der Waals surface area contributed by atoms with Gasteiger partial charge in [0.25, 0.3) is 5.91 Å². The Labute approximate surface area is 111 Å². The van der Waals surface area contributed by atoms with E-state index in [2.05, 4.69) is 21.2 Å². The first kappa shape index (κ1) is 14.0. The van der Waals surface area contributed by atoms with Gasteiger partial charge >= 0.3 is 6.09 Å². The van der Waals surface area contributed by atoms with Crippen LogP contribution in [0.5, 0.6) is 0 Å². The van der Waals surface area contributed by atoms with E-state index in [0.717, 1.165) is 11.3 Å². The van der Waals surface area contributed by atoms with Crippen LogP contribution in [-0.2, 0) is 4.74 Å². The summed E-state index contributed by atoms with van der Waals surface area (Å²) in [5.74, 6) is -0.591. The zero-order valence-electron chi connectivity index (χ0n) is 9.67. The molecule has 17 heavy (non-hydrogen) atoms. The molecule has 0 radical (unpaired) electrons. The Morgan fingerprint density at radius 1 is 1.47 bits per heavy atom. The minimum Gasteiger partial charge on any atom is -0.444 e. The number of nitrogens with one attached hydrogen (secondary N) is 1. The van der Waals surface area contributed by atoms with Crippen molar-refractivity contribution in [1.29, 1.82) is 0 Å². The molecule has 5 nitrogen and oxygen atoms in total. The predicted octanol–water partition coefficient (Wildman–Crippen LogP) is 2.96. The first-order valence-corrected chi connectivity index (χ1v) is 6.39. The lowest BCUT2D eigenvalue weighted by Gasteiger charge is -2.19. The molecular weight excluding hydrogens is 308 g/mol. The third-order valence-corrected chi connectivity index (χ3v) is 3.21. The van der Waals surface area contributed by atoms with Gasteiger partial charge in [0.1, 0.15) is 10.5 Å². The van der Waals surface area contributed by atoms with Gasteiger partial charge in [-0.1, -0.05) is 0 Å². The Morgan fingerprint density at radius 2 is 2.06 bits per heavy atom. The maximum atomic E-state index is 11.5. The Bertz CT molecular complexity index is 451. The van der Waals surface area contributed by atoms with Gasteiger partial charge in [0, 0.05) is 0 Å². The maximum absolute atomic E-state index is 11.5. The van der Waals surface area contributed by atoms with E-state index < -0.39 is 17.6 Å². The molecule has 0 saturated heterocycles. The minimum atomic E-state index is -0.620. The number of nitrogens with two attached hydrogens (primary N) is 1. The third kappa shape index (κ3) is 4.35. The van der Waals surface area contributed by atoms with Crippen molar-refractivity contribution in [2.75, 3.05) is 5.32 Å². The Hall–Kier alpha value is -1.08. The van der Waals surface area contributed by atoms with E-state index in [1.54, 1.807) is 26.8 Å². The van der Waals surface area contributed by atoms with Gasteiger partial charge in [0.15, 0.2) is 0 Å². The molecule has 1 rings (SSSR count). The Kier molecular flexibility index (Phi) is 4.16. The average molecular weight is 321 g/mol. The van der Waals surface area contributed by atoms with Crippen molar-refractivity contribution in [2.24, 2.45) is 5.73 Å². The minimum absolute atomic E-state index is 0.280. The van der Waals surface area contributed by atoms with Crippen LogP contribution in [0, 0.1) is 0 Å². The summed E-state index contributed by atoms with van der Waals surface area (Å²) in [7, 11) is 0. The molecule has 1 heterocycles. The smallest absolute Gasteiger partial charge is 0.412 e. The quantitative estimate of drug-likeness (QED) is 0.878. The van der Waals surface area contributed by atoms with Gasteiger partial charge in [-0.15, -0.1) is 11.3 Å². The molecule has 0 aliphatic carbocycles. The van der Waals surface area contributed by atoms with Gasteiger partial charge < -0.3 is 10.5 Å². The summed E-state index contributed by atoms with van der Waals surface area (Å²) in [6, 6.07) is 1.61. The van der Waals surface area contributed by atoms with Crippen molar-refractivity contribution in [3.63, 3.8) is 0 Å². The van der Waals surface area contributed by atoms with E-state index in [9.17, 15) is 9.59 Å². The lowest BCUT2D eigenvalue weighted by Crippen LogP contribution is -2.27. The zero-order valence-corrected chi connectivity index (χ0v) is 12.1. The van der Waals surface area contributed by atoms with Crippen molar-refractivity contribution in [2.45, 2.75) is 26.4 Å². The second-order valence-corrected chi connectivity index (χ2v) is 6.72. The van der Waals surface area contributed by atoms with Crippen molar-refractivity contribution in [3.05, 3.63) is 14.7 Å². The van der Waals surface area contributed by atoms with Gasteiger partial charge in [-0.25, -0.2) is 4.79 Å². The molecule has 0 aliphatic heterocycles. The molecule has 0 fully saturated rings. The normalized spacial score (nSPS) is 11.1. The van der Waals surface area contributed by atoms with Crippen molar-refractivity contribution >= 4 is 45.0 Å². The van der Waals surface area contributed by atoms with E-state index in [0.29, 0.717) is 9.47 Å². The van der Waals surface area contributed by atoms with E-state index in [1.807, 2.05) is 0 Å². The van der Waals surface area contributed by atoms with Crippen LogP contribution >= 0.6 is 27.3 Å². The number of thiophene rings is 1. The highest BCUT2D eigenvalue weighted by atomic mass is 79.9. The number of hydrogen-bond acceptors (Lipinski definition) is 4. The van der Waals surface area contributed by atoms with Crippen LogP contribution in [0.3, 0.4) is 0 Å². The van der Waals surface area contributed by atoms with Crippen LogP contribution < -0.4 is 11.1 Å². The SMILES string of the molecule is CC(C)(C)OC(=O)Nc1cc(Br)sc1C(N)=O. The summed E-state index contributed by atoms with van der Waals surface area (Å²) in [5, 5.41) is 2.49. The molecule has 94 valence electrons. The third-order valence-electron chi connectivity index (χ3n) is 1.56. The molecule has 2 amide bonds. The van der Waals surface area contributed by atoms with Crippen LogP contribution in [0.1, 0.15) is 30.4 Å². The predicted molar refractivity (Wildman–Crippen MR) is 70.4 cm³/mol. The molecule has 0 aromatic carbocycles. The molecule has 0 aliphatic rings. The molecule has 0 saturated carbocycles. The number of hydrogen-bond donors (Lipinski definition) is 2. The van der Waals surface area contributed by atoms with Crippen LogP contribution in [0.25, 0.3) is 0 Å². The molecule has 7 heteroatoms. The first-order chi connectivity index (χ1) is 7.69. The molecular formula is C10H13BrN2O3S. The topological polar surface area (TPSA) is 81.4 Å². The molecule has 0 spiro atoms. The number of amides is 2. The zero-order chi connectivity index (χ0) is 13.2. The van der Waals surface area contributed by atoms with Gasteiger partial charge in [0.05, 0.1) is 9.47 Å². The standard InChI is InChI=1S/C10H13BrN2O3S/c1-10(2,3)16-9(15)13-5-4-6(11)17-7(5)8(12)14/h4H,1-3H3,(H2,12,14)(H,13,15). The summed E-state index contributed by atoms with van der Waals surface area (Å²) in [4.78, 5) is 22.9. The molecule has 0 bridgehead atoms. The summed E-state index contributed by atoms with van der Waals surface area (Å²) < 4.78 is 5.78. The maximum Gasteiger partial charge on any atom is 0.412 e. The highest BCUT2D eigenvalue weighted by molar-refractivity contribution is 9.11. The van der Waals surface area contributed by atoms with Crippen LogP contribution in [0.4, 0.5) is 10.5 Å². The van der Waals surface area contributed by atoms with Gasteiger partial charge in [-0.05, 0) is 42.8 Å². The number of primary amides is 1. The number of carbonyl (C=O) groups excluding carboxylic acids is 2. The highest BCUT2D eigenvalue weighted by Gasteiger charge is 2.19. The van der Waals surface area contributed by atoms with E-state index >= 15 is 0 Å². The van der Waals surface area contributed by atoms with E-state index in [1.165, 1.54) is 0 Å². The highest BCUT2D eigenvalue weighted by Crippen LogP contribution is 2.31. The van der Waals surface area contributed by atoms with Crippen molar-refractivity contribution < 1.29 is 14.3 Å². The summed E-state index contributed by atoms with van der Waals surface area (Å²) in [6.07, 6.45) is -0.620. The number of halogens is 1. The fourth-order valence-corrected chi connectivity index (χ4v) is 2.46. The summed E-state index contributed by atoms with van der Waals surface area (Å²) >= 11 is 4.38. The molecule has 0 unspecified atom stereocenters. The Balaban J connectivity index is 2.81. The van der Waals surface area contributed by atoms with Gasteiger partial charge in [0.2, 0.25) is 0 Å². The van der Waals surface area contributed by atoms with Gasteiger partial charge in [-0.3, -0.25) is 10.1 Å². The number of rotatable bonds is 2. The lowest BCUT2D eigenvalue weighted by atomic mass is 10.2. The molecule has 1 aromatic heterocycles. The van der Waals surface area contributed by atoms with E-state index in [4.69, 9.17) is 10.5 Å². The average Bonchev–Trinajstić information content (AvgIpc) is 2.42. The summed E-state index contributed by atoms with van der Waals surface area (Å²) in [5.41, 5.74) is 4.95. The molecule has 3 N–H and O–H groups in total. The van der Waals surface area contributed by atoms with Gasteiger partial charge in [-0.2, -0.15) is 0 Å². The molecule has 0 atom stereocenters. The fraction of sp³-hybridized carbons (Fsp3) is 0.400. The largest absolute Gasteiger partial charge is 0.444 e. The lowest BCUT2D eigenvalue weighted by molar-refractivity contribution is 0.0636. The van der Waals surface area contributed by atoms with Crippen LogP contribution in [0.2, 0.25) is 0 Å². The number of anilines is 1. The summed E-state index contributed by atoms with van der Waals surface area (Å²) in [6.45, 7) is 5.27. The Morgan fingerprint density at radius 3 is 2.53 bits per heavy atom. The van der Waals surface area contributed by atoms with Crippen molar-refractivity contribution in [3.8, 4) is 0 Å².